The summed E-state index contributed by atoms with van der Waals surface area (Å²) < 4.78 is 10.6. The van der Waals surface area contributed by atoms with E-state index < -0.39 is 12.1 Å². The zero-order valence-electron chi connectivity index (χ0n) is 13.9. The highest BCUT2D eigenvalue weighted by molar-refractivity contribution is 5.68. The predicted octanol–water partition coefficient (Wildman–Crippen LogP) is 1.72. The number of carboxylic acids is 1. The van der Waals surface area contributed by atoms with Crippen molar-refractivity contribution >= 4 is 5.97 Å². The van der Waals surface area contributed by atoms with E-state index in [1.54, 1.807) is 12.1 Å². The molecule has 25 heavy (non-hydrogen) atoms. The van der Waals surface area contributed by atoms with Crippen LogP contribution in [0.4, 0.5) is 0 Å². The molecule has 0 spiro atoms. The molecule has 0 unspecified atom stereocenters. The van der Waals surface area contributed by atoms with Gasteiger partial charge in [-0.1, -0.05) is 30.3 Å². The molecule has 2 rings (SSSR count). The highest BCUT2D eigenvalue weighted by Crippen LogP contribution is 2.12. The maximum atomic E-state index is 10.4. The first-order valence-electron chi connectivity index (χ1n) is 8.13. The normalized spacial score (nSPS) is 11.7. The number of aliphatic carboxylic acids is 1. The Morgan fingerprint density at radius 3 is 2.36 bits per heavy atom. The Morgan fingerprint density at radius 2 is 1.68 bits per heavy atom. The van der Waals surface area contributed by atoms with E-state index >= 15 is 0 Å². The topological polar surface area (TPSA) is 88.0 Å². The second kappa shape index (κ2) is 10.3. The number of aliphatic hydroxyl groups is 1. The molecule has 134 valence electrons. The fourth-order valence-corrected chi connectivity index (χ4v) is 2.17. The van der Waals surface area contributed by atoms with Crippen LogP contribution in [0.2, 0.25) is 0 Å². The Labute approximate surface area is 147 Å². The monoisotopic (exact) mass is 345 g/mol. The zero-order chi connectivity index (χ0) is 17.9. The van der Waals surface area contributed by atoms with Gasteiger partial charge in [-0.3, -0.25) is 0 Å². The Balaban J connectivity index is 1.59. The van der Waals surface area contributed by atoms with E-state index in [0.717, 1.165) is 24.3 Å². The van der Waals surface area contributed by atoms with Gasteiger partial charge in [0.2, 0.25) is 0 Å². The van der Waals surface area contributed by atoms with Crippen molar-refractivity contribution in [3.8, 4) is 11.5 Å². The number of rotatable bonds is 11. The van der Waals surface area contributed by atoms with E-state index in [0.29, 0.717) is 12.3 Å². The summed E-state index contributed by atoms with van der Waals surface area (Å²) in [5.74, 6) is 0.280. The molecule has 3 N–H and O–H groups in total. The summed E-state index contributed by atoms with van der Waals surface area (Å²) in [6.07, 6.45) is 0.220. The summed E-state index contributed by atoms with van der Waals surface area (Å²) in [7, 11) is 0. The molecule has 0 saturated heterocycles. The van der Waals surface area contributed by atoms with Gasteiger partial charge >= 0.3 is 5.97 Å². The molecule has 2 aromatic carbocycles. The molecular formula is C19H23NO5. The van der Waals surface area contributed by atoms with Crippen molar-refractivity contribution in [2.24, 2.45) is 0 Å². The van der Waals surface area contributed by atoms with Crippen LogP contribution in [0.15, 0.2) is 54.6 Å². The van der Waals surface area contributed by atoms with Crippen LogP contribution in [0, 0.1) is 0 Å². The van der Waals surface area contributed by atoms with Gasteiger partial charge in [-0.15, -0.1) is 0 Å². The summed E-state index contributed by atoms with van der Waals surface area (Å²) >= 11 is 0. The molecule has 0 fully saturated rings. The van der Waals surface area contributed by atoms with Crippen LogP contribution in [0.5, 0.6) is 11.5 Å². The number of benzene rings is 2. The third-order valence-corrected chi connectivity index (χ3v) is 3.44. The Kier molecular flexibility index (Phi) is 7.75. The molecular weight excluding hydrogens is 322 g/mol. The van der Waals surface area contributed by atoms with Crippen LogP contribution in [-0.4, -0.2) is 48.6 Å². The molecule has 0 amide bonds. The molecule has 0 bridgehead atoms. The fourth-order valence-electron chi connectivity index (χ4n) is 2.17. The minimum Gasteiger partial charge on any atom is -0.491 e. The lowest BCUT2D eigenvalue weighted by Crippen LogP contribution is -2.32. The van der Waals surface area contributed by atoms with Gasteiger partial charge in [0.25, 0.3) is 0 Å². The van der Waals surface area contributed by atoms with Crippen molar-refractivity contribution in [2.45, 2.75) is 12.5 Å². The highest BCUT2D eigenvalue weighted by atomic mass is 16.5. The molecule has 0 aromatic heterocycles. The molecule has 0 aliphatic heterocycles. The minimum atomic E-state index is -0.997. The van der Waals surface area contributed by atoms with Crippen molar-refractivity contribution in [2.75, 3.05) is 26.3 Å². The molecule has 0 aliphatic rings. The van der Waals surface area contributed by atoms with E-state index in [1.165, 1.54) is 0 Å². The van der Waals surface area contributed by atoms with Gasteiger partial charge in [0.05, 0.1) is 0 Å². The smallest absolute Gasteiger partial charge is 0.341 e. The summed E-state index contributed by atoms with van der Waals surface area (Å²) in [6, 6.07) is 16.7. The zero-order valence-corrected chi connectivity index (χ0v) is 13.9. The average Bonchev–Trinajstić information content (AvgIpc) is 2.63. The summed E-state index contributed by atoms with van der Waals surface area (Å²) in [5, 5.41) is 21.6. The van der Waals surface area contributed by atoms with Gasteiger partial charge in [0, 0.05) is 6.54 Å². The second-order valence-corrected chi connectivity index (χ2v) is 5.56. The summed E-state index contributed by atoms with van der Waals surface area (Å²) in [5.41, 5.74) is 1.10. The molecule has 0 saturated carbocycles. The lowest BCUT2D eigenvalue weighted by molar-refractivity contribution is -0.139. The Bertz CT molecular complexity index is 630. The van der Waals surface area contributed by atoms with Crippen molar-refractivity contribution < 1.29 is 24.5 Å². The number of carbonyl (C=O) groups is 1. The second-order valence-electron chi connectivity index (χ2n) is 5.56. The fraction of sp³-hybridized carbons (Fsp3) is 0.316. The minimum absolute atomic E-state index is 0.243. The van der Waals surface area contributed by atoms with Crippen molar-refractivity contribution in [1.29, 1.82) is 0 Å². The van der Waals surface area contributed by atoms with Crippen LogP contribution in [0.25, 0.3) is 0 Å². The Morgan fingerprint density at radius 1 is 1.00 bits per heavy atom. The van der Waals surface area contributed by atoms with Gasteiger partial charge in [-0.25, -0.2) is 4.79 Å². The summed E-state index contributed by atoms with van der Waals surface area (Å²) in [4.78, 5) is 10.4. The first-order chi connectivity index (χ1) is 12.1. The molecule has 1 atom stereocenters. The van der Waals surface area contributed by atoms with Crippen LogP contribution in [0.1, 0.15) is 5.56 Å². The largest absolute Gasteiger partial charge is 0.491 e. The van der Waals surface area contributed by atoms with Gasteiger partial charge in [0.1, 0.15) is 24.2 Å². The molecule has 6 nitrogen and oxygen atoms in total. The van der Waals surface area contributed by atoms with Crippen molar-refractivity contribution in [3.05, 3.63) is 60.2 Å². The summed E-state index contributed by atoms with van der Waals surface area (Å²) in [6.45, 7) is 1.07. The number of para-hydroxylation sites is 1. The standard InChI is InChI=1S/C19H23NO5/c21-16(13-24-17-4-2-1-3-5-17)12-20-11-10-15-6-8-18(9-7-15)25-14-19(22)23/h1-9,16,20-21H,10-14H2,(H,22,23)/t16-/m0/s1. The maximum absolute atomic E-state index is 10.4. The van der Waals surface area contributed by atoms with Crippen LogP contribution in [0.3, 0.4) is 0 Å². The first kappa shape index (κ1) is 18.8. The lowest BCUT2D eigenvalue weighted by Gasteiger charge is -2.13. The number of carboxylic acid groups (broad SMARTS) is 1. The number of nitrogens with one attached hydrogen (secondary N) is 1. The van der Waals surface area contributed by atoms with E-state index in [2.05, 4.69) is 5.32 Å². The number of hydrogen-bond donors (Lipinski definition) is 3. The van der Waals surface area contributed by atoms with E-state index in [1.807, 2.05) is 42.5 Å². The predicted molar refractivity (Wildman–Crippen MR) is 94.1 cm³/mol. The van der Waals surface area contributed by atoms with Gasteiger partial charge in [-0.05, 0) is 42.8 Å². The van der Waals surface area contributed by atoms with E-state index in [-0.39, 0.29) is 13.2 Å². The van der Waals surface area contributed by atoms with Gasteiger partial charge in [-0.2, -0.15) is 0 Å². The first-order valence-corrected chi connectivity index (χ1v) is 8.13. The highest BCUT2D eigenvalue weighted by Gasteiger charge is 2.05. The molecule has 2 aromatic rings. The van der Waals surface area contributed by atoms with Crippen LogP contribution in [-0.2, 0) is 11.2 Å². The average molecular weight is 345 g/mol. The van der Waals surface area contributed by atoms with Gasteiger partial charge in [0.15, 0.2) is 6.61 Å². The molecule has 6 heteroatoms. The SMILES string of the molecule is O=C(O)COc1ccc(CCNC[C@H](O)COc2ccccc2)cc1. The quantitative estimate of drug-likeness (QED) is 0.538. The molecule has 0 aliphatic carbocycles. The van der Waals surface area contributed by atoms with Crippen molar-refractivity contribution in [1.82, 2.24) is 5.32 Å². The van der Waals surface area contributed by atoms with E-state index in [4.69, 9.17) is 14.6 Å². The number of aliphatic hydroxyl groups excluding tert-OH is 1. The third kappa shape index (κ3) is 7.69. The third-order valence-electron chi connectivity index (χ3n) is 3.44. The van der Waals surface area contributed by atoms with Gasteiger partial charge < -0.3 is 25.0 Å². The van der Waals surface area contributed by atoms with E-state index in [9.17, 15) is 9.90 Å². The maximum Gasteiger partial charge on any atom is 0.341 e. The number of hydrogen-bond acceptors (Lipinski definition) is 5. The molecule has 0 heterocycles. The van der Waals surface area contributed by atoms with Crippen LogP contribution >= 0.6 is 0 Å². The Hall–Kier alpha value is -2.57. The van der Waals surface area contributed by atoms with Crippen molar-refractivity contribution in [3.63, 3.8) is 0 Å². The van der Waals surface area contributed by atoms with Crippen LogP contribution < -0.4 is 14.8 Å². The number of ether oxygens (including phenoxy) is 2. The lowest BCUT2D eigenvalue weighted by atomic mass is 10.1. The molecule has 0 radical (unpaired) electrons.